The number of imidazole rings is 1. The fraction of sp³-hybridized carbons (Fsp3) is 0.500. The van der Waals surface area contributed by atoms with Gasteiger partial charge in [0.2, 0.25) is 0 Å². The van der Waals surface area contributed by atoms with Crippen molar-refractivity contribution in [1.29, 1.82) is 0 Å². The molecule has 1 N–H and O–H groups in total. The van der Waals surface area contributed by atoms with Crippen LogP contribution in [0.4, 0.5) is 0 Å². The number of hydrogen-bond donors (Lipinski definition) is 1. The Bertz CT molecular complexity index is 607. The highest BCUT2D eigenvalue weighted by Gasteiger charge is 2.23. The Labute approximate surface area is 127 Å². The van der Waals surface area contributed by atoms with Crippen molar-refractivity contribution in [3.63, 3.8) is 0 Å². The van der Waals surface area contributed by atoms with E-state index in [1.54, 1.807) is 0 Å². The normalized spacial score (nSPS) is 18.5. The predicted molar refractivity (Wildman–Crippen MR) is 86.3 cm³/mol. The summed E-state index contributed by atoms with van der Waals surface area (Å²) in [6, 6.07) is 9.29. The van der Waals surface area contributed by atoms with Crippen molar-refractivity contribution in [1.82, 2.24) is 14.9 Å². The molecular formula is C18H25N3. The summed E-state index contributed by atoms with van der Waals surface area (Å²) in [5.41, 5.74) is 4.36. The third kappa shape index (κ3) is 3.18. The van der Waals surface area contributed by atoms with Gasteiger partial charge in [-0.05, 0) is 51.2 Å². The van der Waals surface area contributed by atoms with Crippen molar-refractivity contribution in [3.05, 3.63) is 53.6 Å². The van der Waals surface area contributed by atoms with E-state index < -0.39 is 0 Å². The summed E-state index contributed by atoms with van der Waals surface area (Å²) in [5.74, 6) is 0. The van der Waals surface area contributed by atoms with Gasteiger partial charge < -0.3 is 9.88 Å². The van der Waals surface area contributed by atoms with E-state index in [2.05, 4.69) is 59.9 Å². The molecule has 3 heteroatoms. The van der Waals surface area contributed by atoms with Gasteiger partial charge in [0.15, 0.2) is 0 Å². The number of fused-ring (bicyclic) bond motifs is 1. The molecule has 0 radical (unpaired) electrons. The molecule has 3 nitrogen and oxygen atoms in total. The molecule has 1 aromatic carbocycles. The lowest BCUT2D eigenvalue weighted by molar-refractivity contribution is 0.404. The van der Waals surface area contributed by atoms with Crippen LogP contribution in [0.25, 0.3) is 0 Å². The molecule has 0 spiro atoms. The van der Waals surface area contributed by atoms with Crippen LogP contribution in [0.15, 0.2) is 36.8 Å². The second kappa shape index (κ2) is 5.64. The van der Waals surface area contributed by atoms with Crippen LogP contribution in [-0.4, -0.2) is 15.1 Å². The predicted octanol–water partition coefficient (Wildman–Crippen LogP) is 3.70. The summed E-state index contributed by atoms with van der Waals surface area (Å²) in [4.78, 5) is 4.39. The van der Waals surface area contributed by atoms with Crippen molar-refractivity contribution in [3.8, 4) is 0 Å². The van der Waals surface area contributed by atoms with Crippen LogP contribution in [0, 0.1) is 0 Å². The van der Waals surface area contributed by atoms with Crippen LogP contribution < -0.4 is 5.32 Å². The zero-order chi connectivity index (χ0) is 14.9. The smallest absolute Gasteiger partial charge is 0.0954 e. The molecule has 1 atom stereocenters. The first-order valence-corrected chi connectivity index (χ1v) is 7.88. The van der Waals surface area contributed by atoms with Crippen molar-refractivity contribution in [2.24, 2.45) is 0 Å². The lowest BCUT2D eigenvalue weighted by Crippen LogP contribution is -2.36. The number of hydrogen-bond acceptors (Lipinski definition) is 2. The molecule has 112 valence electrons. The van der Waals surface area contributed by atoms with E-state index in [0.717, 1.165) is 6.54 Å². The molecule has 0 fully saturated rings. The van der Waals surface area contributed by atoms with E-state index in [4.69, 9.17) is 0 Å². The highest BCUT2D eigenvalue weighted by Crippen LogP contribution is 2.33. The highest BCUT2D eigenvalue weighted by atomic mass is 15.1. The first-order chi connectivity index (χ1) is 10.0. The summed E-state index contributed by atoms with van der Waals surface area (Å²) in [6.45, 7) is 7.46. The second-order valence-electron chi connectivity index (χ2n) is 7.00. The number of benzene rings is 1. The van der Waals surface area contributed by atoms with Crippen LogP contribution in [-0.2, 0) is 13.0 Å². The van der Waals surface area contributed by atoms with Gasteiger partial charge in [-0.2, -0.15) is 0 Å². The van der Waals surface area contributed by atoms with E-state index in [-0.39, 0.29) is 5.54 Å². The van der Waals surface area contributed by atoms with Gasteiger partial charge in [-0.3, -0.25) is 0 Å². The fourth-order valence-corrected chi connectivity index (χ4v) is 3.12. The Morgan fingerprint density at radius 1 is 1.29 bits per heavy atom. The molecular weight excluding hydrogens is 258 g/mol. The summed E-state index contributed by atoms with van der Waals surface area (Å²) in [5, 5.41) is 3.57. The molecule has 1 heterocycles. The van der Waals surface area contributed by atoms with Crippen LogP contribution in [0.2, 0.25) is 0 Å². The monoisotopic (exact) mass is 283 g/mol. The Morgan fingerprint density at radius 3 is 2.90 bits per heavy atom. The molecule has 1 aliphatic carbocycles. The van der Waals surface area contributed by atoms with Crippen molar-refractivity contribution in [2.45, 2.75) is 58.2 Å². The minimum atomic E-state index is 0.125. The van der Waals surface area contributed by atoms with Crippen molar-refractivity contribution in [2.75, 3.05) is 0 Å². The number of nitrogens with one attached hydrogen (secondary N) is 1. The third-order valence-electron chi connectivity index (χ3n) is 4.22. The number of aromatic nitrogens is 2. The van der Waals surface area contributed by atoms with Gasteiger partial charge in [0.05, 0.1) is 18.1 Å². The molecule has 0 amide bonds. The molecule has 1 unspecified atom stereocenters. The van der Waals surface area contributed by atoms with Crippen LogP contribution in [0.3, 0.4) is 0 Å². The standard InChI is InChI=1S/C18H25N3/c1-18(2,3)20-12-15-11-19-13-21(15)17-10-6-8-14-7-4-5-9-16(14)17/h4-5,7,9,11,13,17,20H,6,8,10,12H2,1-3H3. The van der Waals surface area contributed by atoms with Crippen molar-refractivity contribution >= 4 is 0 Å². The van der Waals surface area contributed by atoms with E-state index in [1.165, 1.54) is 36.1 Å². The third-order valence-corrected chi connectivity index (χ3v) is 4.22. The SMILES string of the molecule is CC(C)(C)NCc1cncn1C1CCCc2ccccc21. The zero-order valence-corrected chi connectivity index (χ0v) is 13.3. The first kappa shape index (κ1) is 14.3. The number of rotatable bonds is 3. The molecule has 1 aliphatic rings. The van der Waals surface area contributed by atoms with Gasteiger partial charge in [-0.15, -0.1) is 0 Å². The Balaban J connectivity index is 1.87. The Kier molecular flexibility index (Phi) is 3.85. The zero-order valence-electron chi connectivity index (χ0n) is 13.3. The maximum atomic E-state index is 4.39. The van der Waals surface area contributed by atoms with Gasteiger partial charge in [-0.1, -0.05) is 24.3 Å². The summed E-state index contributed by atoms with van der Waals surface area (Å²) >= 11 is 0. The average Bonchev–Trinajstić information content (AvgIpc) is 2.92. The largest absolute Gasteiger partial charge is 0.326 e. The summed E-state index contributed by atoms with van der Waals surface area (Å²) in [6.07, 6.45) is 7.65. The van der Waals surface area contributed by atoms with Crippen LogP contribution in [0.1, 0.15) is 56.5 Å². The molecule has 0 bridgehead atoms. The van der Waals surface area contributed by atoms with Gasteiger partial charge in [0, 0.05) is 18.3 Å². The minimum absolute atomic E-state index is 0.125. The lowest BCUT2D eigenvalue weighted by Gasteiger charge is -2.29. The topological polar surface area (TPSA) is 29.9 Å². The molecule has 21 heavy (non-hydrogen) atoms. The highest BCUT2D eigenvalue weighted by molar-refractivity contribution is 5.33. The molecule has 0 saturated heterocycles. The second-order valence-corrected chi connectivity index (χ2v) is 7.00. The van der Waals surface area contributed by atoms with E-state index in [1.807, 2.05) is 12.5 Å². The van der Waals surface area contributed by atoms with Gasteiger partial charge in [0.25, 0.3) is 0 Å². The molecule has 0 aliphatic heterocycles. The van der Waals surface area contributed by atoms with Gasteiger partial charge in [-0.25, -0.2) is 4.98 Å². The molecule has 0 saturated carbocycles. The number of aryl methyl sites for hydroxylation is 1. The van der Waals surface area contributed by atoms with Gasteiger partial charge in [0.1, 0.15) is 0 Å². The summed E-state index contributed by atoms with van der Waals surface area (Å²) in [7, 11) is 0. The van der Waals surface area contributed by atoms with E-state index >= 15 is 0 Å². The molecule has 3 rings (SSSR count). The average molecular weight is 283 g/mol. The Morgan fingerprint density at radius 2 is 2.10 bits per heavy atom. The van der Waals surface area contributed by atoms with Gasteiger partial charge >= 0.3 is 0 Å². The Hall–Kier alpha value is -1.61. The fourth-order valence-electron chi connectivity index (χ4n) is 3.12. The van der Waals surface area contributed by atoms with E-state index in [0.29, 0.717) is 6.04 Å². The van der Waals surface area contributed by atoms with Crippen molar-refractivity contribution < 1.29 is 0 Å². The maximum absolute atomic E-state index is 4.39. The van der Waals surface area contributed by atoms with Crippen LogP contribution >= 0.6 is 0 Å². The van der Waals surface area contributed by atoms with Crippen LogP contribution in [0.5, 0.6) is 0 Å². The van der Waals surface area contributed by atoms with E-state index in [9.17, 15) is 0 Å². The lowest BCUT2D eigenvalue weighted by atomic mass is 9.87. The number of nitrogens with zero attached hydrogens (tertiary/aromatic N) is 2. The molecule has 1 aromatic heterocycles. The first-order valence-electron chi connectivity index (χ1n) is 7.88. The minimum Gasteiger partial charge on any atom is -0.326 e. The quantitative estimate of drug-likeness (QED) is 0.931. The summed E-state index contributed by atoms with van der Waals surface area (Å²) < 4.78 is 2.36. The molecule has 2 aromatic rings. The maximum Gasteiger partial charge on any atom is 0.0954 e.